The average molecular weight is 306 g/mol. The standard InChI is InChI=1S/C17H22O5/c1-12(7-8-21-14(3)19)9-16-10-15(17(20)22-16)6-4-5-13(2)11-18/h5,7,10-11,16H,4,6,8-9H2,1-3H3/b12-7+,13-5+/t16-/m1/s1. The van der Waals surface area contributed by atoms with E-state index in [1.165, 1.54) is 6.92 Å². The summed E-state index contributed by atoms with van der Waals surface area (Å²) in [5, 5.41) is 0. The third kappa shape index (κ3) is 6.52. The van der Waals surface area contributed by atoms with Gasteiger partial charge in [-0.05, 0) is 44.4 Å². The van der Waals surface area contributed by atoms with Crippen LogP contribution in [-0.4, -0.2) is 30.9 Å². The molecule has 0 spiro atoms. The van der Waals surface area contributed by atoms with Gasteiger partial charge in [-0.2, -0.15) is 0 Å². The Morgan fingerprint density at radius 3 is 2.68 bits per heavy atom. The molecule has 5 nitrogen and oxygen atoms in total. The zero-order chi connectivity index (χ0) is 16.5. The molecule has 0 bridgehead atoms. The molecule has 0 amide bonds. The molecule has 1 aliphatic heterocycles. The number of hydrogen-bond donors (Lipinski definition) is 0. The van der Waals surface area contributed by atoms with Crippen LogP contribution in [0.2, 0.25) is 0 Å². The number of esters is 2. The summed E-state index contributed by atoms with van der Waals surface area (Å²) in [6.07, 6.45) is 7.75. The quantitative estimate of drug-likeness (QED) is 0.298. The second-order valence-corrected chi connectivity index (χ2v) is 5.30. The van der Waals surface area contributed by atoms with Crippen molar-refractivity contribution < 1.29 is 23.9 Å². The fourth-order valence-corrected chi connectivity index (χ4v) is 2.03. The van der Waals surface area contributed by atoms with E-state index in [4.69, 9.17) is 9.47 Å². The molecule has 0 saturated heterocycles. The lowest BCUT2D eigenvalue weighted by Crippen LogP contribution is -2.09. The zero-order valence-electron chi connectivity index (χ0n) is 13.3. The van der Waals surface area contributed by atoms with Gasteiger partial charge in [-0.3, -0.25) is 9.59 Å². The molecule has 0 saturated carbocycles. The Morgan fingerprint density at radius 1 is 1.32 bits per heavy atom. The maximum Gasteiger partial charge on any atom is 0.334 e. The van der Waals surface area contributed by atoms with Gasteiger partial charge in [-0.1, -0.05) is 11.6 Å². The van der Waals surface area contributed by atoms with Gasteiger partial charge in [0, 0.05) is 18.9 Å². The molecule has 0 aliphatic carbocycles. The van der Waals surface area contributed by atoms with Crippen molar-refractivity contribution in [2.75, 3.05) is 6.61 Å². The van der Waals surface area contributed by atoms with Gasteiger partial charge in [0.05, 0.1) is 0 Å². The summed E-state index contributed by atoms with van der Waals surface area (Å²) in [6.45, 7) is 5.22. The molecule has 5 heteroatoms. The lowest BCUT2D eigenvalue weighted by Gasteiger charge is -2.08. The number of hydrogen-bond acceptors (Lipinski definition) is 5. The Morgan fingerprint density at radius 2 is 2.05 bits per heavy atom. The van der Waals surface area contributed by atoms with Gasteiger partial charge in [-0.15, -0.1) is 0 Å². The van der Waals surface area contributed by atoms with Gasteiger partial charge in [0.2, 0.25) is 0 Å². The minimum atomic E-state index is -0.322. The summed E-state index contributed by atoms with van der Waals surface area (Å²) in [7, 11) is 0. The van der Waals surface area contributed by atoms with E-state index in [0.29, 0.717) is 30.4 Å². The molecular weight excluding hydrogens is 284 g/mol. The number of allylic oxidation sites excluding steroid dienone is 2. The molecule has 0 fully saturated rings. The molecule has 0 aromatic rings. The van der Waals surface area contributed by atoms with E-state index in [1.807, 2.05) is 13.0 Å². The maximum absolute atomic E-state index is 11.7. The second-order valence-electron chi connectivity index (χ2n) is 5.30. The Labute approximate surface area is 130 Å². The van der Waals surface area contributed by atoms with E-state index < -0.39 is 0 Å². The molecule has 0 N–H and O–H groups in total. The molecule has 0 aromatic heterocycles. The summed E-state index contributed by atoms with van der Waals surface area (Å²) in [6, 6.07) is 0. The fraction of sp³-hybridized carbons (Fsp3) is 0.471. The first-order valence-corrected chi connectivity index (χ1v) is 7.25. The van der Waals surface area contributed by atoms with Gasteiger partial charge in [0.25, 0.3) is 0 Å². The predicted octanol–water partition coefficient (Wildman–Crippen LogP) is 2.66. The van der Waals surface area contributed by atoms with Crippen LogP contribution in [-0.2, 0) is 23.9 Å². The highest BCUT2D eigenvalue weighted by Crippen LogP contribution is 2.23. The molecule has 1 rings (SSSR count). The van der Waals surface area contributed by atoms with Gasteiger partial charge >= 0.3 is 11.9 Å². The molecule has 0 unspecified atom stereocenters. The molecule has 1 heterocycles. The van der Waals surface area contributed by atoms with E-state index in [1.54, 1.807) is 19.1 Å². The number of rotatable bonds is 8. The van der Waals surface area contributed by atoms with Crippen molar-refractivity contribution in [2.45, 2.75) is 46.1 Å². The summed E-state index contributed by atoms with van der Waals surface area (Å²) in [5.41, 5.74) is 2.30. The van der Waals surface area contributed by atoms with Crippen molar-refractivity contribution in [2.24, 2.45) is 0 Å². The minimum Gasteiger partial charge on any atom is -0.462 e. The van der Waals surface area contributed by atoms with Crippen LogP contribution >= 0.6 is 0 Å². The summed E-state index contributed by atoms with van der Waals surface area (Å²) < 4.78 is 10.1. The van der Waals surface area contributed by atoms with Crippen LogP contribution in [0.15, 0.2) is 34.9 Å². The topological polar surface area (TPSA) is 69.7 Å². The Kier molecular flexibility index (Phi) is 7.29. The second kappa shape index (κ2) is 8.97. The average Bonchev–Trinajstić information content (AvgIpc) is 2.78. The lowest BCUT2D eigenvalue weighted by atomic mass is 10.1. The smallest absolute Gasteiger partial charge is 0.334 e. The molecule has 1 atom stereocenters. The van der Waals surface area contributed by atoms with Crippen molar-refractivity contribution in [1.29, 1.82) is 0 Å². The van der Waals surface area contributed by atoms with Gasteiger partial charge in [-0.25, -0.2) is 4.79 Å². The first-order chi connectivity index (χ1) is 10.4. The fourth-order valence-electron chi connectivity index (χ4n) is 2.03. The maximum atomic E-state index is 11.7. The summed E-state index contributed by atoms with van der Waals surface area (Å²) >= 11 is 0. The summed E-state index contributed by atoms with van der Waals surface area (Å²) in [4.78, 5) is 32.9. The van der Waals surface area contributed by atoms with Crippen molar-refractivity contribution >= 4 is 18.2 Å². The van der Waals surface area contributed by atoms with Gasteiger partial charge in [0.1, 0.15) is 19.0 Å². The van der Waals surface area contributed by atoms with Crippen LogP contribution in [0.4, 0.5) is 0 Å². The lowest BCUT2D eigenvalue weighted by molar-refractivity contribution is -0.140. The first kappa shape index (κ1) is 17.9. The molecule has 120 valence electrons. The summed E-state index contributed by atoms with van der Waals surface area (Å²) in [5.74, 6) is -0.618. The van der Waals surface area contributed by atoms with Crippen molar-refractivity contribution in [1.82, 2.24) is 0 Å². The van der Waals surface area contributed by atoms with Crippen molar-refractivity contribution in [3.05, 3.63) is 34.9 Å². The highest BCUT2D eigenvalue weighted by Gasteiger charge is 2.24. The highest BCUT2D eigenvalue weighted by molar-refractivity contribution is 5.90. The van der Waals surface area contributed by atoms with Gasteiger partial charge < -0.3 is 9.47 Å². The SMILES string of the molecule is CC(=O)OC/C=C(\C)C[C@@H]1C=C(CC/C=C(\C)C=O)C(=O)O1. The zero-order valence-corrected chi connectivity index (χ0v) is 13.3. The molecule has 0 radical (unpaired) electrons. The van der Waals surface area contributed by atoms with E-state index in [2.05, 4.69) is 0 Å². The van der Waals surface area contributed by atoms with Crippen LogP contribution in [0.1, 0.15) is 40.0 Å². The Balaban J connectivity index is 2.48. The highest BCUT2D eigenvalue weighted by atomic mass is 16.5. The first-order valence-electron chi connectivity index (χ1n) is 7.25. The number of carbonyl (C=O) groups is 3. The van der Waals surface area contributed by atoms with E-state index in [9.17, 15) is 14.4 Å². The molecule has 0 aromatic carbocycles. The number of aldehydes is 1. The Hall–Kier alpha value is -2.17. The van der Waals surface area contributed by atoms with Gasteiger partial charge in [0.15, 0.2) is 0 Å². The van der Waals surface area contributed by atoms with Crippen LogP contribution in [0.25, 0.3) is 0 Å². The Bertz CT molecular complexity index is 525. The molecule has 1 aliphatic rings. The third-order valence-electron chi connectivity index (χ3n) is 3.22. The van der Waals surface area contributed by atoms with E-state index in [0.717, 1.165) is 11.9 Å². The number of cyclic esters (lactones) is 1. The molecular formula is C17H22O5. The number of ether oxygens (including phenoxy) is 2. The number of carbonyl (C=O) groups excluding carboxylic acids is 3. The van der Waals surface area contributed by atoms with Crippen LogP contribution < -0.4 is 0 Å². The molecule has 22 heavy (non-hydrogen) atoms. The van der Waals surface area contributed by atoms with E-state index >= 15 is 0 Å². The third-order valence-corrected chi connectivity index (χ3v) is 3.22. The van der Waals surface area contributed by atoms with Crippen molar-refractivity contribution in [3.8, 4) is 0 Å². The van der Waals surface area contributed by atoms with E-state index in [-0.39, 0.29) is 24.6 Å². The van der Waals surface area contributed by atoms with Crippen LogP contribution in [0.5, 0.6) is 0 Å². The largest absolute Gasteiger partial charge is 0.462 e. The van der Waals surface area contributed by atoms with Crippen LogP contribution in [0, 0.1) is 0 Å². The minimum absolute atomic E-state index is 0.230. The monoisotopic (exact) mass is 306 g/mol. The predicted molar refractivity (Wildman–Crippen MR) is 82.0 cm³/mol. The normalized spacial score (nSPS) is 18.8. The van der Waals surface area contributed by atoms with Crippen molar-refractivity contribution in [3.63, 3.8) is 0 Å². The van der Waals surface area contributed by atoms with Crippen LogP contribution in [0.3, 0.4) is 0 Å².